The van der Waals surface area contributed by atoms with E-state index < -0.39 is 0 Å². The first-order valence-corrected chi connectivity index (χ1v) is 6.71. The second-order valence-corrected chi connectivity index (χ2v) is 5.58. The Labute approximate surface area is 102 Å². The second kappa shape index (κ2) is 4.23. The lowest BCUT2D eigenvalue weighted by atomic mass is 9.71. The first-order chi connectivity index (χ1) is 8.23. The van der Waals surface area contributed by atoms with Gasteiger partial charge in [0.15, 0.2) is 0 Å². The molecule has 4 aliphatic rings. The van der Waals surface area contributed by atoms with Crippen LogP contribution in [-0.2, 0) is 4.79 Å². The first-order valence-electron chi connectivity index (χ1n) is 6.71. The number of rotatable bonds is 2. The molecular formula is C12H22N4O. The molecular weight excluding hydrogens is 216 g/mol. The molecule has 4 heterocycles. The van der Waals surface area contributed by atoms with E-state index in [1.54, 1.807) is 0 Å². The maximum Gasteiger partial charge on any atom is 0.239 e. The van der Waals surface area contributed by atoms with Crippen molar-refractivity contribution in [3.63, 3.8) is 0 Å². The SMILES string of the molecule is NC(=O)C1(N2CCNCC2)CN2CCC1CC2. The van der Waals surface area contributed by atoms with Crippen LogP contribution in [0.2, 0.25) is 0 Å². The van der Waals surface area contributed by atoms with E-state index in [4.69, 9.17) is 5.73 Å². The van der Waals surface area contributed by atoms with Crippen LogP contribution in [0.15, 0.2) is 0 Å². The number of nitrogens with zero attached hydrogens (tertiary/aromatic N) is 2. The van der Waals surface area contributed by atoms with Crippen LogP contribution in [0, 0.1) is 5.92 Å². The minimum atomic E-state index is -0.376. The van der Waals surface area contributed by atoms with Gasteiger partial charge in [-0.2, -0.15) is 0 Å². The van der Waals surface area contributed by atoms with Gasteiger partial charge in [0.2, 0.25) is 5.91 Å². The molecule has 3 N–H and O–H groups in total. The Morgan fingerprint density at radius 1 is 1.18 bits per heavy atom. The number of carbonyl (C=O) groups is 1. The molecule has 0 saturated carbocycles. The molecule has 0 aromatic rings. The van der Waals surface area contributed by atoms with Crippen molar-refractivity contribution in [2.24, 2.45) is 11.7 Å². The van der Waals surface area contributed by atoms with E-state index in [1.165, 1.54) is 0 Å². The molecule has 5 heteroatoms. The molecule has 4 fully saturated rings. The fourth-order valence-electron chi connectivity index (χ4n) is 3.90. The van der Waals surface area contributed by atoms with E-state index in [0.717, 1.165) is 58.7 Å². The maximum absolute atomic E-state index is 12.1. The predicted octanol–water partition coefficient (Wildman–Crippen LogP) is -1.16. The van der Waals surface area contributed by atoms with Gasteiger partial charge in [-0.25, -0.2) is 0 Å². The van der Waals surface area contributed by atoms with Crippen molar-refractivity contribution in [2.45, 2.75) is 18.4 Å². The fraction of sp³-hybridized carbons (Fsp3) is 0.917. The van der Waals surface area contributed by atoms with Gasteiger partial charge in [-0.05, 0) is 31.8 Å². The molecule has 0 aromatic heterocycles. The summed E-state index contributed by atoms with van der Waals surface area (Å²) in [6.45, 7) is 6.99. The van der Waals surface area contributed by atoms with Crippen molar-refractivity contribution in [1.29, 1.82) is 0 Å². The normalized spacial score (nSPS) is 42.6. The molecule has 0 spiro atoms. The number of piperazine rings is 1. The van der Waals surface area contributed by atoms with Crippen molar-refractivity contribution in [2.75, 3.05) is 45.8 Å². The Kier molecular flexibility index (Phi) is 2.84. The number of carbonyl (C=O) groups excluding carboxylic acids is 1. The lowest BCUT2D eigenvalue weighted by molar-refractivity contribution is -0.147. The van der Waals surface area contributed by atoms with Crippen molar-refractivity contribution in [3.8, 4) is 0 Å². The number of hydrogen-bond acceptors (Lipinski definition) is 4. The summed E-state index contributed by atoms with van der Waals surface area (Å²) < 4.78 is 0. The Morgan fingerprint density at radius 2 is 1.82 bits per heavy atom. The van der Waals surface area contributed by atoms with Crippen LogP contribution in [0.5, 0.6) is 0 Å². The molecule has 0 aliphatic carbocycles. The van der Waals surface area contributed by atoms with E-state index >= 15 is 0 Å². The fourth-order valence-corrected chi connectivity index (χ4v) is 3.90. The summed E-state index contributed by atoms with van der Waals surface area (Å²) in [5.74, 6) is 0.372. The van der Waals surface area contributed by atoms with Gasteiger partial charge in [0.1, 0.15) is 5.54 Å². The Hall–Kier alpha value is -0.650. The summed E-state index contributed by atoms with van der Waals surface area (Å²) in [5, 5.41) is 3.35. The number of piperidine rings is 3. The topological polar surface area (TPSA) is 61.6 Å². The van der Waals surface area contributed by atoms with Crippen LogP contribution in [0.3, 0.4) is 0 Å². The molecule has 17 heavy (non-hydrogen) atoms. The van der Waals surface area contributed by atoms with Gasteiger partial charge in [0.25, 0.3) is 0 Å². The average Bonchev–Trinajstić information content (AvgIpc) is 2.40. The van der Waals surface area contributed by atoms with E-state index in [2.05, 4.69) is 15.1 Å². The predicted molar refractivity (Wildman–Crippen MR) is 65.5 cm³/mol. The number of primary amides is 1. The highest BCUT2D eigenvalue weighted by Crippen LogP contribution is 2.39. The molecule has 5 nitrogen and oxygen atoms in total. The number of fused-ring (bicyclic) bond motifs is 3. The Bertz CT molecular complexity index is 308. The van der Waals surface area contributed by atoms with Crippen LogP contribution < -0.4 is 11.1 Å². The molecule has 0 aromatic carbocycles. The minimum absolute atomic E-state index is 0.103. The monoisotopic (exact) mass is 238 g/mol. The standard InChI is InChI=1S/C12H22N4O/c13-11(17)12(16-7-3-14-4-8-16)9-15-5-1-10(12)2-6-15/h10,14H,1-9H2,(H2,13,17). The second-order valence-electron chi connectivity index (χ2n) is 5.58. The summed E-state index contributed by atoms with van der Waals surface area (Å²) in [5.41, 5.74) is 5.42. The molecule has 1 atom stereocenters. The molecule has 4 saturated heterocycles. The molecule has 4 aliphatic heterocycles. The highest BCUT2D eigenvalue weighted by Gasteiger charge is 2.54. The smallest absolute Gasteiger partial charge is 0.239 e. The Morgan fingerprint density at radius 3 is 2.29 bits per heavy atom. The molecule has 96 valence electrons. The van der Waals surface area contributed by atoms with Gasteiger partial charge in [-0.1, -0.05) is 0 Å². The van der Waals surface area contributed by atoms with Gasteiger partial charge in [0, 0.05) is 32.7 Å². The average molecular weight is 238 g/mol. The number of hydrogen-bond donors (Lipinski definition) is 2. The number of amides is 1. The molecule has 2 bridgehead atoms. The molecule has 4 rings (SSSR count). The van der Waals surface area contributed by atoms with Gasteiger partial charge < -0.3 is 16.0 Å². The lowest BCUT2D eigenvalue weighted by Gasteiger charge is -2.56. The van der Waals surface area contributed by atoms with Crippen molar-refractivity contribution in [1.82, 2.24) is 15.1 Å². The summed E-state index contributed by atoms with van der Waals surface area (Å²) >= 11 is 0. The molecule has 0 radical (unpaired) electrons. The van der Waals surface area contributed by atoms with Crippen molar-refractivity contribution >= 4 is 5.91 Å². The van der Waals surface area contributed by atoms with E-state index in [0.29, 0.717) is 5.92 Å². The molecule has 1 amide bonds. The molecule has 1 unspecified atom stereocenters. The highest BCUT2D eigenvalue weighted by molar-refractivity contribution is 5.86. The third-order valence-electron chi connectivity index (χ3n) is 4.84. The van der Waals surface area contributed by atoms with Gasteiger partial charge in [-0.15, -0.1) is 0 Å². The van der Waals surface area contributed by atoms with Crippen LogP contribution in [0.1, 0.15) is 12.8 Å². The lowest BCUT2D eigenvalue weighted by Crippen LogP contribution is -2.74. The van der Waals surface area contributed by atoms with Gasteiger partial charge in [0.05, 0.1) is 0 Å². The maximum atomic E-state index is 12.1. The van der Waals surface area contributed by atoms with E-state index in [9.17, 15) is 4.79 Å². The summed E-state index contributed by atoms with van der Waals surface area (Å²) in [4.78, 5) is 16.9. The zero-order valence-electron chi connectivity index (χ0n) is 10.3. The van der Waals surface area contributed by atoms with Crippen molar-refractivity contribution in [3.05, 3.63) is 0 Å². The van der Waals surface area contributed by atoms with Crippen LogP contribution >= 0.6 is 0 Å². The summed E-state index contributed by atoms with van der Waals surface area (Å²) in [7, 11) is 0. The summed E-state index contributed by atoms with van der Waals surface area (Å²) in [6, 6.07) is 0. The minimum Gasteiger partial charge on any atom is -0.368 e. The summed E-state index contributed by atoms with van der Waals surface area (Å²) in [6.07, 6.45) is 2.26. The van der Waals surface area contributed by atoms with Crippen molar-refractivity contribution < 1.29 is 4.79 Å². The van der Waals surface area contributed by atoms with Crippen LogP contribution in [0.25, 0.3) is 0 Å². The zero-order chi connectivity index (χ0) is 11.9. The van der Waals surface area contributed by atoms with Gasteiger partial charge >= 0.3 is 0 Å². The third kappa shape index (κ3) is 1.68. The first kappa shape index (κ1) is 11.4. The van der Waals surface area contributed by atoms with Crippen LogP contribution in [0.4, 0.5) is 0 Å². The number of nitrogens with one attached hydrogen (secondary N) is 1. The van der Waals surface area contributed by atoms with Crippen LogP contribution in [-0.4, -0.2) is 67.1 Å². The van der Waals surface area contributed by atoms with Gasteiger partial charge in [-0.3, -0.25) is 9.69 Å². The quantitative estimate of drug-likeness (QED) is 0.637. The van der Waals surface area contributed by atoms with E-state index in [-0.39, 0.29) is 11.4 Å². The van der Waals surface area contributed by atoms with E-state index in [1.807, 2.05) is 0 Å². The number of nitrogens with two attached hydrogens (primary N) is 1. The highest BCUT2D eigenvalue weighted by atomic mass is 16.1. The Balaban J connectivity index is 1.89. The third-order valence-corrected chi connectivity index (χ3v) is 4.84. The largest absolute Gasteiger partial charge is 0.368 e. The zero-order valence-corrected chi connectivity index (χ0v) is 10.3.